The van der Waals surface area contributed by atoms with E-state index in [0.717, 1.165) is 45.1 Å². The number of hydrazine groups is 1. The molecule has 8 heterocycles. The highest BCUT2D eigenvalue weighted by molar-refractivity contribution is 5.95. The highest BCUT2D eigenvalue weighted by atomic mass is 19.4. The average Bonchev–Trinajstić information content (AvgIpc) is 4.04. The third-order valence-corrected chi connectivity index (χ3v) is 16.9. The van der Waals surface area contributed by atoms with Crippen molar-refractivity contribution >= 4 is 34.6 Å². The van der Waals surface area contributed by atoms with Crippen LogP contribution in [-0.2, 0) is 48.0 Å². The first-order chi connectivity index (χ1) is 35.0. The minimum atomic E-state index is -4.59. The van der Waals surface area contributed by atoms with Crippen molar-refractivity contribution < 1.29 is 46.2 Å². The number of nitrogens with one attached hydrogen (secondary N) is 3. The first-order valence-electron chi connectivity index (χ1n) is 26.5. The monoisotopic (exact) mass is 1010 g/mol. The van der Waals surface area contributed by atoms with Gasteiger partial charge >= 0.3 is 12.1 Å². The Kier molecular flexibility index (Phi) is 13.2. The summed E-state index contributed by atoms with van der Waals surface area (Å²) in [5.74, 6) is -0.109. The second kappa shape index (κ2) is 19.4. The number of benzene rings is 1. The van der Waals surface area contributed by atoms with Gasteiger partial charge in [0.05, 0.1) is 35.8 Å². The Hall–Kier alpha value is -5.37. The molecule has 4 saturated heterocycles. The van der Waals surface area contributed by atoms with Gasteiger partial charge in [-0.15, -0.1) is 0 Å². The molecule has 4 aromatic rings. The van der Waals surface area contributed by atoms with Gasteiger partial charge in [-0.2, -0.15) is 13.2 Å². The number of hydrogen-bond donors (Lipinski definition) is 3. The second-order valence-electron chi connectivity index (χ2n) is 23.0. The number of carbonyl (C=O) groups is 4. The predicted molar refractivity (Wildman–Crippen MR) is 263 cm³/mol. The van der Waals surface area contributed by atoms with Crippen LogP contribution >= 0.6 is 0 Å². The minimum Gasteiger partial charge on any atom is -0.464 e. The molecule has 19 heteroatoms. The fourth-order valence-corrected chi connectivity index (χ4v) is 12.9. The third kappa shape index (κ3) is 10.1. The lowest BCUT2D eigenvalue weighted by Gasteiger charge is -2.37. The first-order valence-corrected chi connectivity index (χ1v) is 26.5. The zero-order valence-electron chi connectivity index (χ0n) is 42.3. The summed E-state index contributed by atoms with van der Waals surface area (Å²) in [7, 11) is 1.52. The number of methoxy groups -OCH3 is 1. The third-order valence-electron chi connectivity index (χ3n) is 16.9. The topological polar surface area (TPSA) is 186 Å². The summed E-state index contributed by atoms with van der Waals surface area (Å²) < 4.78 is 63.3. The van der Waals surface area contributed by atoms with Gasteiger partial charge in [0.15, 0.2) is 0 Å². The molecule has 7 aliphatic rings. The van der Waals surface area contributed by atoms with Gasteiger partial charge in [0.1, 0.15) is 30.9 Å². The van der Waals surface area contributed by atoms with Crippen LogP contribution in [0.5, 0.6) is 0 Å². The van der Waals surface area contributed by atoms with E-state index < -0.39 is 54.2 Å². The van der Waals surface area contributed by atoms with Crippen LogP contribution in [0.25, 0.3) is 33.6 Å². The number of nitrogens with zero attached hydrogens (tertiary/aromatic N) is 6. The van der Waals surface area contributed by atoms with Crippen LogP contribution in [-0.4, -0.2) is 136 Å². The molecular formula is C54H68F3N9O7. The number of esters is 1. The number of hydrogen-bond acceptors (Lipinski definition) is 12. The van der Waals surface area contributed by atoms with Crippen molar-refractivity contribution in [2.75, 3.05) is 46.4 Å². The minimum absolute atomic E-state index is 0.0356. The second-order valence-corrected chi connectivity index (χ2v) is 23.0. The summed E-state index contributed by atoms with van der Waals surface area (Å²) in [5, 5.41) is 8.58. The Morgan fingerprint density at radius 3 is 2.58 bits per heavy atom. The number of rotatable bonds is 10. The molecule has 2 aliphatic carbocycles. The van der Waals surface area contributed by atoms with E-state index in [1.54, 1.807) is 43.5 Å². The molecule has 0 radical (unpaired) electrons. The van der Waals surface area contributed by atoms with Gasteiger partial charge in [-0.3, -0.25) is 39.4 Å². The average molecular weight is 1010 g/mol. The molecular weight excluding hydrogens is 944 g/mol. The maximum atomic E-state index is 15.1. The Morgan fingerprint density at radius 2 is 1.81 bits per heavy atom. The van der Waals surface area contributed by atoms with E-state index in [2.05, 4.69) is 25.9 Å². The van der Waals surface area contributed by atoms with Crippen molar-refractivity contribution in [2.24, 2.45) is 22.7 Å². The molecule has 3 N–H and O–H groups in total. The molecule has 5 aliphatic heterocycles. The first kappa shape index (κ1) is 49.8. The van der Waals surface area contributed by atoms with Crippen molar-refractivity contribution in [3.05, 3.63) is 59.7 Å². The summed E-state index contributed by atoms with van der Waals surface area (Å²) in [6.45, 7) is 7.34. The van der Waals surface area contributed by atoms with Crippen LogP contribution < -0.4 is 16.1 Å². The van der Waals surface area contributed by atoms with Gasteiger partial charge in [0, 0.05) is 84.8 Å². The van der Waals surface area contributed by atoms with Crippen LogP contribution in [0.3, 0.4) is 0 Å². The van der Waals surface area contributed by atoms with E-state index in [1.807, 2.05) is 18.7 Å². The van der Waals surface area contributed by atoms with Gasteiger partial charge in [0.2, 0.25) is 17.7 Å². The van der Waals surface area contributed by atoms with E-state index in [4.69, 9.17) is 18.9 Å². The molecule has 392 valence electrons. The summed E-state index contributed by atoms with van der Waals surface area (Å²) in [5.41, 5.74) is 5.32. The van der Waals surface area contributed by atoms with Gasteiger partial charge in [-0.05, 0) is 119 Å². The lowest BCUT2D eigenvalue weighted by Crippen LogP contribution is -2.62. The van der Waals surface area contributed by atoms with Crippen molar-refractivity contribution in [3.8, 4) is 22.7 Å². The normalized spacial score (nSPS) is 27.9. The number of amides is 3. The highest BCUT2D eigenvalue weighted by Gasteiger charge is 2.55. The van der Waals surface area contributed by atoms with Crippen LogP contribution in [0.15, 0.2) is 47.2 Å². The van der Waals surface area contributed by atoms with E-state index in [1.165, 1.54) is 35.8 Å². The molecule has 2 saturated carbocycles. The molecule has 7 atom stereocenters. The number of aromatic nitrogens is 3. The number of oxazole rings is 1. The number of likely N-dealkylation sites (tertiary alicyclic amines) is 2. The zero-order valence-corrected chi connectivity index (χ0v) is 42.3. The van der Waals surface area contributed by atoms with Crippen LogP contribution in [0, 0.1) is 22.7 Å². The Balaban J connectivity index is 0.925. The zero-order chi connectivity index (χ0) is 51.0. The number of alkyl halides is 3. The largest absolute Gasteiger partial charge is 0.464 e. The Morgan fingerprint density at radius 1 is 1.01 bits per heavy atom. The van der Waals surface area contributed by atoms with Gasteiger partial charge in [-0.25, -0.2) is 10.4 Å². The van der Waals surface area contributed by atoms with Crippen molar-refractivity contribution in [2.45, 2.75) is 147 Å². The smallest absolute Gasteiger partial charge is 0.406 e. The number of ether oxygens (including phenoxy) is 2. The van der Waals surface area contributed by atoms with Gasteiger partial charge in [-0.1, -0.05) is 26.7 Å². The van der Waals surface area contributed by atoms with E-state index in [0.29, 0.717) is 89.1 Å². The molecule has 73 heavy (non-hydrogen) atoms. The molecule has 6 fully saturated rings. The fourth-order valence-electron chi connectivity index (χ4n) is 12.9. The summed E-state index contributed by atoms with van der Waals surface area (Å²) in [4.78, 5) is 71.3. The van der Waals surface area contributed by atoms with Crippen LogP contribution in [0.2, 0.25) is 0 Å². The lowest BCUT2D eigenvalue weighted by molar-refractivity contribution is -0.155. The summed E-state index contributed by atoms with van der Waals surface area (Å²) in [6.07, 6.45) is 6.93. The Bertz CT molecular complexity index is 2770. The number of pyridine rings is 1. The molecule has 1 spiro atoms. The number of cyclic esters (lactones) is 1. The van der Waals surface area contributed by atoms with Crippen molar-refractivity contribution in [1.82, 2.24) is 45.4 Å². The molecule has 16 nitrogen and oxygen atoms in total. The van der Waals surface area contributed by atoms with Gasteiger partial charge in [0.25, 0.3) is 5.91 Å². The SMILES string of the molecule is CO[C@@H](C)c1ncccc1-c1c2c3cc(ccc3n1CC(F)(F)F)-c1nc(co1)C[C@H](NC(=O)C(C1CCCC1)N1CC[C@]3(CCN(C(=O)[C@@H]4NC4C4CC4)C3)C1)C(=O)N1CCC[C@H](N1)C(=O)OCC(C)(C)C2. The van der Waals surface area contributed by atoms with Crippen molar-refractivity contribution in [1.29, 1.82) is 0 Å². The number of carbonyl (C=O) groups excluding carboxylic acids is 4. The molecule has 3 aromatic heterocycles. The standard InChI is InChI=1S/C54H68F3N9O7/c1-31(71-4)42-36(11-7-19-58-42)46-38-25-52(2,3)30-73-51(70)39-12-8-20-66(62-39)49(68)40(24-35-26-72-48(59-35)34-15-16-41(37(38)23-34)65(46)29-54(55,56)57)60-47(67)45(33-9-5-6-10-33)63-21-17-53(27-63)18-22-64(28-53)50(69)44-43(61-44)32-13-14-32/h7,11,15-16,19,23,26,31-33,39-40,43-45,61-62H,5-6,8-10,12-14,17-18,20-22,24-25,27-30H2,1-4H3,(H,60,67)/t31-,39-,40-,43?,44+,45?,53-/m0/s1. The number of halogens is 3. The Labute approximate surface area is 423 Å². The summed E-state index contributed by atoms with van der Waals surface area (Å²) in [6, 6.07) is 6.34. The van der Waals surface area contributed by atoms with E-state index >= 15 is 4.79 Å². The quantitative estimate of drug-likeness (QED) is 0.116. The van der Waals surface area contributed by atoms with E-state index in [9.17, 15) is 27.6 Å². The highest BCUT2D eigenvalue weighted by Crippen LogP contribution is 2.46. The van der Waals surface area contributed by atoms with E-state index in [-0.39, 0.29) is 61.1 Å². The van der Waals surface area contributed by atoms with Crippen molar-refractivity contribution in [3.63, 3.8) is 0 Å². The maximum Gasteiger partial charge on any atom is 0.406 e. The summed E-state index contributed by atoms with van der Waals surface area (Å²) >= 11 is 0. The van der Waals surface area contributed by atoms with Crippen LogP contribution in [0.1, 0.15) is 108 Å². The molecule has 1 aromatic carbocycles. The lowest BCUT2D eigenvalue weighted by atomic mass is 9.84. The molecule has 2 unspecified atom stereocenters. The fraction of sp³-hybridized carbons (Fsp3) is 0.630. The number of fused-ring (bicyclic) bond motifs is 6. The van der Waals surface area contributed by atoms with Gasteiger partial charge < -0.3 is 28.7 Å². The molecule has 6 bridgehead atoms. The maximum absolute atomic E-state index is 15.1. The predicted octanol–water partition coefficient (Wildman–Crippen LogP) is 6.51. The molecule has 3 amide bonds. The van der Waals surface area contributed by atoms with Crippen LogP contribution in [0.4, 0.5) is 13.2 Å². The molecule has 11 rings (SSSR count).